The predicted molar refractivity (Wildman–Crippen MR) is 127 cm³/mol. The lowest BCUT2D eigenvalue weighted by molar-refractivity contribution is -0.124. The number of aryl methyl sites for hydroxylation is 1. The number of benzene rings is 2. The maximum atomic E-state index is 13.3. The Bertz CT molecular complexity index is 1130. The van der Waals surface area contributed by atoms with Gasteiger partial charge in [-0.05, 0) is 66.8 Å². The smallest absolute Gasteiger partial charge is 0.326 e. The van der Waals surface area contributed by atoms with Crippen molar-refractivity contribution in [2.45, 2.75) is 25.8 Å². The molecule has 8 heteroatoms. The molecule has 1 fully saturated rings. The Labute approximate surface area is 195 Å². The van der Waals surface area contributed by atoms with E-state index >= 15 is 0 Å². The predicted octanol–water partition coefficient (Wildman–Crippen LogP) is 5.12. The third-order valence-corrected chi connectivity index (χ3v) is 6.72. The fraction of sp³-hybridized carbons (Fsp3) is 0.208. The largest absolute Gasteiger partial charge is 0.332 e. The molecule has 0 bridgehead atoms. The van der Waals surface area contributed by atoms with Crippen molar-refractivity contribution in [2.24, 2.45) is 0 Å². The van der Waals surface area contributed by atoms with Crippen LogP contribution < -0.4 is 10.2 Å². The van der Waals surface area contributed by atoms with Crippen LogP contribution in [0.25, 0.3) is 0 Å². The van der Waals surface area contributed by atoms with Crippen molar-refractivity contribution in [3.05, 3.63) is 81.5 Å². The number of carbonyl (C=O) groups is 3. The summed E-state index contributed by atoms with van der Waals surface area (Å²) in [7, 11) is 0. The fourth-order valence-corrected chi connectivity index (χ4v) is 4.73. The van der Waals surface area contributed by atoms with Gasteiger partial charge in [-0.2, -0.15) is 0 Å². The van der Waals surface area contributed by atoms with Crippen LogP contribution in [-0.4, -0.2) is 35.3 Å². The molecule has 1 saturated heterocycles. The lowest BCUT2D eigenvalue weighted by Crippen LogP contribution is -2.39. The quantitative estimate of drug-likeness (QED) is 0.490. The van der Waals surface area contributed by atoms with Crippen molar-refractivity contribution in [3.63, 3.8) is 0 Å². The Hall–Kier alpha value is -3.16. The van der Waals surface area contributed by atoms with Gasteiger partial charge in [-0.3, -0.25) is 9.59 Å². The number of nitrogens with one attached hydrogen (secondary N) is 1. The number of para-hydroxylation sites is 1. The maximum absolute atomic E-state index is 13.3. The molecule has 0 spiro atoms. The minimum atomic E-state index is -0.865. The van der Waals surface area contributed by atoms with Gasteiger partial charge in [0.25, 0.3) is 5.91 Å². The van der Waals surface area contributed by atoms with Crippen LogP contribution in [-0.2, 0) is 16.0 Å². The normalized spacial score (nSPS) is 16.0. The summed E-state index contributed by atoms with van der Waals surface area (Å²) in [5.41, 5.74) is 2.24. The molecule has 0 saturated carbocycles. The number of amides is 4. The van der Waals surface area contributed by atoms with E-state index in [1.807, 2.05) is 24.4 Å². The van der Waals surface area contributed by atoms with Crippen molar-refractivity contribution in [1.82, 2.24) is 4.90 Å². The second kappa shape index (κ2) is 9.54. The molecule has 6 nitrogen and oxygen atoms in total. The topological polar surface area (TPSA) is 69.7 Å². The number of anilines is 2. The van der Waals surface area contributed by atoms with Crippen LogP contribution in [0.5, 0.6) is 0 Å². The SMILES string of the molecule is Cc1ccsc1CCN1C(=O)N(c2ccccc2)C(=O)[C@@H]1CC(=O)Nc1ccc(Cl)cc1. The van der Waals surface area contributed by atoms with E-state index in [1.54, 1.807) is 59.9 Å². The van der Waals surface area contributed by atoms with Gasteiger partial charge in [-0.25, -0.2) is 9.69 Å². The van der Waals surface area contributed by atoms with E-state index in [-0.39, 0.29) is 12.3 Å². The zero-order valence-corrected chi connectivity index (χ0v) is 19.0. The highest BCUT2D eigenvalue weighted by molar-refractivity contribution is 7.10. The molecule has 164 valence electrons. The Morgan fingerprint density at radius 3 is 2.44 bits per heavy atom. The van der Waals surface area contributed by atoms with Crippen LogP contribution in [0.15, 0.2) is 66.0 Å². The summed E-state index contributed by atoms with van der Waals surface area (Å²) in [6.07, 6.45) is 0.500. The highest BCUT2D eigenvalue weighted by atomic mass is 35.5. The number of rotatable bonds is 7. The zero-order valence-electron chi connectivity index (χ0n) is 17.5. The van der Waals surface area contributed by atoms with E-state index in [1.165, 1.54) is 9.80 Å². The zero-order chi connectivity index (χ0) is 22.7. The molecule has 1 atom stereocenters. The summed E-state index contributed by atoms with van der Waals surface area (Å²) >= 11 is 7.52. The van der Waals surface area contributed by atoms with E-state index in [2.05, 4.69) is 5.32 Å². The average molecular weight is 468 g/mol. The number of imide groups is 1. The van der Waals surface area contributed by atoms with Crippen LogP contribution in [0, 0.1) is 6.92 Å². The minimum Gasteiger partial charge on any atom is -0.326 e. The van der Waals surface area contributed by atoms with Gasteiger partial charge in [-0.15, -0.1) is 11.3 Å². The first-order chi connectivity index (χ1) is 15.4. The van der Waals surface area contributed by atoms with E-state index in [9.17, 15) is 14.4 Å². The Kier molecular flexibility index (Phi) is 6.58. The van der Waals surface area contributed by atoms with Gasteiger partial charge in [0.2, 0.25) is 5.91 Å². The van der Waals surface area contributed by atoms with Crippen LogP contribution in [0.3, 0.4) is 0 Å². The molecule has 4 amide bonds. The lowest BCUT2D eigenvalue weighted by atomic mass is 10.1. The number of hydrogen-bond donors (Lipinski definition) is 1. The first kappa shape index (κ1) is 22.0. The standard InChI is InChI=1S/C24H22ClN3O3S/c1-16-12-14-32-21(16)11-13-27-20(15-22(29)26-18-9-7-17(25)8-10-18)23(30)28(24(27)31)19-5-3-2-4-6-19/h2-10,12,14,20H,11,13,15H2,1H3,(H,26,29)/t20-/m0/s1. The van der Waals surface area contributed by atoms with Crippen LogP contribution in [0.1, 0.15) is 16.9 Å². The molecule has 0 aliphatic carbocycles. The summed E-state index contributed by atoms with van der Waals surface area (Å²) in [4.78, 5) is 43.1. The Balaban J connectivity index is 1.54. The number of thiophene rings is 1. The molecule has 0 unspecified atom stereocenters. The lowest BCUT2D eigenvalue weighted by Gasteiger charge is -2.21. The number of hydrogen-bond acceptors (Lipinski definition) is 4. The van der Waals surface area contributed by atoms with Crippen molar-refractivity contribution in [1.29, 1.82) is 0 Å². The molecule has 1 aliphatic rings. The number of nitrogens with zero attached hydrogens (tertiary/aromatic N) is 2. The van der Waals surface area contributed by atoms with Crippen LogP contribution in [0.2, 0.25) is 5.02 Å². The maximum Gasteiger partial charge on any atom is 0.332 e. The minimum absolute atomic E-state index is 0.125. The van der Waals surface area contributed by atoms with Gasteiger partial charge in [0.15, 0.2) is 0 Å². The first-order valence-corrected chi connectivity index (χ1v) is 11.5. The Morgan fingerprint density at radius 2 is 1.78 bits per heavy atom. The van der Waals surface area contributed by atoms with E-state index in [4.69, 9.17) is 11.6 Å². The van der Waals surface area contributed by atoms with Crippen molar-refractivity contribution in [2.75, 3.05) is 16.8 Å². The number of urea groups is 1. The third kappa shape index (κ3) is 4.69. The van der Waals surface area contributed by atoms with Crippen molar-refractivity contribution < 1.29 is 14.4 Å². The highest BCUT2D eigenvalue weighted by Gasteiger charge is 2.46. The summed E-state index contributed by atoms with van der Waals surface area (Å²) in [6.45, 7) is 2.38. The number of halogens is 1. The van der Waals surface area contributed by atoms with Gasteiger partial charge in [-0.1, -0.05) is 29.8 Å². The van der Waals surface area contributed by atoms with E-state index in [0.29, 0.717) is 29.4 Å². The van der Waals surface area contributed by atoms with Gasteiger partial charge in [0.1, 0.15) is 6.04 Å². The highest BCUT2D eigenvalue weighted by Crippen LogP contribution is 2.28. The van der Waals surface area contributed by atoms with E-state index in [0.717, 1.165) is 10.4 Å². The van der Waals surface area contributed by atoms with Gasteiger partial charge in [0, 0.05) is 22.1 Å². The molecule has 32 heavy (non-hydrogen) atoms. The van der Waals surface area contributed by atoms with Gasteiger partial charge < -0.3 is 10.2 Å². The van der Waals surface area contributed by atoms with Crippen molar-refractivity contribution >= 4 is 52.2 Å². The molecule has 4 rings (SSSR count). The fourth-order valence-electron chi connectivity index (χ4n) is 3.71. The molecule has 3 aromatic rings. The molecule has 2 aromatic carbocycles. The third-order valence-electron chi connectivity index (χ3n) is 5.39. The summed E-state index contributed by atoms with van der Waals surface area (Å²) in [6, 6.07) is 16.3. The summed E-state index contributed by atoms with van der Waals surface area (Å²) < 4.78 is 0. The van der Waals surface area contributed by atoms with E-state index < -0.39 is 18.0 Å². The molecule has 2 heterocycles. The van der Waals surface area contributed by atoms with Gasteiger partial charge >= 0.3 is 6.03 Å². The monoisotopic (exact) mass is 467 g/mol. The molecule has 1 aromatic heterocycles. The molecule has 1 aliphatic heterocycles. The second-order valence-electron chi connectivity index (χ2n) is 7.54. The van der Waals surface area contributed by atoms with Crippen LogP contribution >= 0.6 is 22.9 Å². The summed E-state index contributed by atoms with van der Waals surface area (Å²) in [5, 5.41) is 5.35. The number of carbonyl (C=O) groups excluding carboxylic acids is 3. The summed E-state index contributed by atoms with van der Waals surface area (Å²) in [5.74, 6) is -0.735. The van der Waals surface area contributed by atoms with Crippen molar-refractivity contribution in [3.8, 4) is 0 Å². The molecular formula is C24H22ClN3O3S. The first-order valence-electron chi connectivity index (χ1n) is 10.2. The van der Waals surface area contributed by atoms with Crippen LogP contribution in [0.4, 0.5) is 16.2 Å². The van der Waals surface area contributed by atoms with Gasteiger partial charge in [0.05, 0.1) is 12.1 Å². The Morgan fingerprint density at radius 1 is 1.06 bits per heavy atom. The molecule has 0 radical (unpaired) electrons. The average Bonchev–Trinajstić information content (AvgIpc) is 3.29. The molecular weight excluding hydrogens is 446 g/mol. The second-order valence-corrected chi connectivity index (χ2v) is 8.97. The molecule has 1 N–H and O–H groups in total.